The van der Waals surface area contributed by atoms with Gasteiger partial charge in [-0.25, -0.2) is 0 Å². The van der Waals surface area contributed by atoms with Crippen LogP contribution in [0.4, 0.5) is 0 Å². The molecule has 2 atom stereocenters. The lowest BCUT2D eigenvalue weighted by Gasteiger charge is -2.45. The minimum atomic E-state index is -1.31. The van der Waals surface area contributed by atoms with Crippen molar-refractivity contribution in [1.29, 1.82) is 5.26 Å². The smallest absolute Gasteiger partial charge is 0.223 e. The van der Waals surface area contributed by atoms with Crippen molar-refractivity contribution in [3.63, 3.8) is 0 Å². The van der Waals surface area contributed by atoms with Crippen molar-refractivity contribution >= 4 is 5.78 Å². The normalized spacial score (nSPS) is 30.7. The van der Waals surface area contributed by atoms with Gasteiger partial charge in [-0.1, -0.05) is 31.1 Å². The van der Waals surface area contributed by atoms with Gasteiger partial charge in [-0.05, 0) is 55.5 Å². The molecule has 0 saturated carbocycles. The van der Waals surface area contributed by atoms with Crippen LogP contribution in [0.25, 0.3) is 0 Å². The van der Waals surface area contributed by atoms with Crippen molar-refractivity contribution < 1.29 is 4.79 Å². The Hall–Kier alpha value is -2.74. The highest BCUT2D eigenvalue weighted by molar-refractivity contribution is 6.07. The fourth-order valence-electron chi connectivity index (χ4n) is 4.20. The van der Waals surface area contributed by atoms with E-state index >= 15 is 0 Å². The van der Waals surface area contributed by atoms with Crippen LogP contribution in [0.3, 0.4) is 0 Å². The molecule has 1 N–H and O–H groups in total. The summed E-state index contributed by atoms with van der Waals surface area (Å²) in [5.41, 5.74) is 0.526. The summed E-state index contributed by atoms with van der Waals surface area (Å²) >= 11 is 0. The average Bonchev–Trinajstić information content (AvgIpc) is 2.97. The van der Waals surface area contributed by atoms with Crippen LogP contribution in [0.15, 0.2) is 60.1 Å². The van der Waals surface area contributed by atoms with Gasteiger partial charge in [0.1, 0.15) is 12.2 Å². The van der Waals surface area contributed by atoms with Crippen molar-refractivity contribution in [3.8, 4) is 6.07 Å². The van der Waals surface area contributed by atoms with Gasteiger partial charge in [0.15, 0.2) is 0 Å². The zero-order chi connectivity index (χ0) is 18.0. The number of fused-ring (bicyclic) bond motifs is 1. The number of carbonyl (C=O) groups excluding carboxylic acids is 1. The summed E-state index contributed by atoms with van der Waals surface area (Å²) in [4.78, 5) is 17.6. The summed E-state index contributed by atoms with van der Waals surface area (Å²) in [6, 6.07) is 2.33. The molecule has 26 heavy (non-hydrogen) atoms. The van der Waals surface area contributed by atoms with Crippen LogP contribution in [-0.2, 0) is 4.79 Å². The summed E-state index contributed by atoms with van der Waals surface area (Å²) in [7, 11) is 0. The summed E-state index contributed by atoms with van der Waals surface area (Å²) in [6.45, 7) is 1.77. The van der Waals surface area contributed by atoms with E-state index < -0.39 is 5.54 Å². The molecule has 134 valence electrons. The Morgan fingerprint density at radius 2 is 1.96 bits per heavy atom. The Labute approximate surface area is 154 Å². The summed E-state index contributed by atoms with van der Waals surface area (Å²) < 4.78 is 0. The fraction of sp³-hybridized carbons (Fsp3) is 0.429. The molecule has 0 spiro atoms. The minimum absolute atomic E-state index is 0.119. The molecule has 0 aromatic heterocycles. The number of ketones is 1. The van der Waals surface area contributed by atoms with E-state index in [0.29, 0.717) is 5.70 Å². The highest BCUT2D eigenvalue weighted by Crippen LogP contribution is 2.34. The molecule has 5 nitrogen and oxygen atoms in total. The second kappa shape index (κ2) is 6.87. The Bertz CT molecular complexity index is 774. The number of nitrogens with zero attached hydrogens (tertiary/aromatic N) is 3. The topological polar surface area (TPSA) is 59.4 Å². The summed E-state index contributed by atoms with van der Waals surface area (Å²) in [5, 5.41) is 13.4. The van der Waals surface area contributed by atoms with E-state index in [1.807, 2.05) is 41.6 Å². The van der Waals surface area contributed by atoms with Crippen LogP contribution in [0.5, 0.6) is 0 Å². The molecule has 0 radical (unpaired) electrons. The number of allylic oxidation sites excluding steroid dienone is 5. The summed E-state index contributed by atoms with van der Waals surface area (Å²) in [5.74, 6) is -0.119. The molecule has 1 aliphatic carbocycles. The van der Waals surface area contributed by atoms with Crippen molar-refractivity contribution in [1.82, 2.24) is 15.1 Å². The van der Waals surface area contributed by atoms with Gasteiger partial charge in [0, 0.05) is 13.1 Å². The molecule has 3 aliphatic heterocycles. The molecule has 5 heteroatoms. The van der Waals surface area contributed by atoms with Gasteiger partial charge in [-0.3, -0.25) is 4.79 Å². The second-order valence-corrected chi connectivity index (χ2v) is 7.19. The van der Waals surface area contributed by atoms with Gasteiger partial charge in [-0.2, -0.15) is 5.26 Å². The van der Waals surface area contributed by atoms with Gasteiger partial charge in [-0.15, -0.1) is 0 Å². The standard InChI is InChI=1S/C21H24N4O/c22-16-21(25-15-7-9-17-8-6-12-23-20(17)25)11-5-10-18(19(21)26)24-13-3-1-2-4-14-24/h5-8,10-12,15,20,23H,1-4,9,13-14H2. The largest absolute Gasteiger partial charge is 0.369 e. The predicted molar refractivity (Wildman–Crippen MR) is 100 cm³/mol. The molecule has 3 heterocycles. The number of nitriles is 1. The number of likely N-dealkylation sites (tertiary alicyclic amines) is 1. The molecule has 1 saturated heterocycles. The van der Waals surface area contributed by atoms with Crippen LogP contribution in [0, 0.1) is 11.3 Å². The van der Waals surface area contributed by atoms with Gasteiger partial charge < -0.3 is 15.1 Å². The molecule has 4 rings (SSSR count). The Kier molecular flexibility index (Phi) is 4.42. The lowest BCUT2D eigenvalue weighted by atomic mass is 9.84. The number of nitrogens with one attached hydrogen (secondary N) is 1. The predicted octanol–water partition coefficient (Wildman–Crippen LogP) is 2.74. The lowest BCUT2D eigenvalue weighted by Crippen LogP contribution is -2.60. The molecular weight excluding hydrogens is 324 g/mol. The Morgan fingerprint density at radius 1 is 1.15 bits per heavy atom. The van der Waals surface area contributed by atoms with E-state index in [9.17, 15) is 10.1 Å². The number of rotatable bonds is 2. The number of carbonyl (C=O) groups is 1. The van der Waals surface area contributed by atoms with Crippen molar-refractivity contribution in [2.24, 2.45) is 0 Å². The fourth-order valence-corrected chi connectivity index (χ4v) is 4.20. The third kappa shape index (κ3) is 2.66. The first-order valence-electron chi connectivity index (χ1n) is 9.43. The highest BCUT2D eigenvalue weighted by atomic mass is 16.1. The molecule has 0 bridgehead atoms. The first-order valence-corrected chi connectivity index (χ1v) is 9.43. The third-order valence-corrected chi connectivity index (χ3v) is 5.60. The number of Topliss-reactive ketones (excluding diaryl/α,β-unsaturated/α-hetero) is 1. The zero-order valence-corrected chi connectivity index (χ0v) is 14.9. The van der Waals surface area contributed by atoms with Crippen LogP contribution in [0.2, 0.25) is 0 Å². The number of hydrogen-bond acceptors (Lipinski definition) is 5. The second-order valence-electron chi connectivity index (χ2n) is 7.19. The average molecular weight is 348 g/mol. The van der Waals surface area contributed by atoms with Gasteiger partial charge >= 0.3 is 0 Å². The van der Waals surface area contributed by atoms with Crippen LogP contribution < -0.4 is 5.32 Å². The molecule has 2 unspecified atom stereocenters. The molecule has 0 aromatic carbocycles. The van der Waals surface area contributed by atoms with E-state index in [1.165, 1.54) is 12.8 Å². The van der Waals surface area contributed by atoms with Gasteiger partial charge in [0.2, 0.25) is 11.3 Å². The molecule has 4 aliphatic rings. The maximum Gasteiger partial charge on any atom is 0.223 e. The molecule has 1 fully saturated rings. The van der Waals surface area contributed by atoms with Gasteiger partial charge in [0.05, 0.1) is 5.70 Å². The highest BCUT2D eigenvalue weighted by Gasteiger charge is 2.48. The monoisotopic (exact) mass is 348 g/mol. The summed E-state index contributed by atoms with van der Waals surface area (Å²) in [6.07, 6.45) is 20.6. The molecule has 0 amide bonds. The van der Waals surface area contributed by atoms with Crippen molar-refractivity contribution in [2.45, 2.75) is 43.8 Å². The molecular formula is C21H24N4O. The number of hydrogen-bond donors (Lipinski definition) is 1. The van der Waals surface area contributed by atoms with Crippen molar-refractivity contribution in [2.75, 3.05) is 13.1 Å². The maximum atomic E-state index is 13.5. The molecule has 0 aromatic rings. The third-order valence-electron chi connectivity index (χ3n) is 5.60. The Morgan fingerprint density at radius 3 is 2.73 bits per heavy atom. The Balaban J connectivity index is 1.68. The van der Waals surface area contributed by atoms with Crippen LogP contribution in [0.1, 0.15) is 32.1 Å². The van der Waals surface area contributed by atoms with E-state index in [0.717, 1.165) is 37.9 Å². The SMILES string of the molecule is N#CC1(N2C=CCC3=CC=CNC32)C=CC=C(N2CCCCCC2)C1=O. The van der Waals surface area contributed by atoms with Crippen LogP contribution >= 0.6 is 0 Å². The quantitative estimate of drug-likeness (QED) is 0.831. The minimum Gasteiger partial charge on any atom is -0.369 e. The number of dihydropyridines is 1. The van der Waals surface area contributed by atoms with Gasteiger partial charge in [0.25, 0.3) is 0 Å². The van der Waals surface area contributed by atoms with Crippen molar-refractivity contribution in [3.05, 3.63) is 60.1 Å². The first-order chi connectivity index (χ1) is 12.8. The van der Waals surface area contributed by atoms with E-state index in [-0.39, 0.29) is 11.9 Å². The first kappa shape index (κ1) is 16.7. The van der Waals surface area contributed by atoms with Crippen LogP contribution in [-0.4, -0.2) is 40.4 Å². The van der Waals surface area contributed by atoms with E-state index in [1.54, 1.807) is 6.08 Å². The van der Waals surface area contributed by atoms with E-state index in [2.05, 4.69) is 22.4 Å². The van der Waals surface area contributed by atoms with E-state index in [4.69, 9.17) is 0 Å². The maximum absolute atomic E-state index is 13.5. The zero-order valence-electron chi connectivity index (χ0n) is 14.9. The lowest BCUT2D eigenvalue weighted by molar-refractivity contribution is -0.123.